The topological polar surface area (TPSA) is 36.4 Å². The molecule has 0 aromatic carbocycles. The third kappa shape index (κ3) is 2.66. The minimum absolute atomic E-state index is 0.0975. The van der Waals surface area contributed by atoms with Crippen LogP contribution in [0.3, 0.4) is 0 Å². The van der Waals surface area contributed by atoms with Gasteiger partial charge in [0.05, 0.1) is 6.61 Å². The molecular weight excluding hydrogens is 224 g/mol. The molecule has 1 aliphatic heterocycles. The average Bonchev–Trinajstić information content (AvgIpc) is 2.41. The molecule has 2 atom stereocenters. The molecule has 0 spiro atoms. The zero-order valence-corrected chi connectivity index (χ0v) is 11.7. The van der Waals surface area contributed by atoms with E-state index < -0.39 is 0 Å². The molecule has 1 saturated heterocycles. The molecule has 2 heterocycles. The quantitative estimate of drug-likeness (QED) is 0.893. The van der Waals surface area contributed by atoms with Gasteiger partial charge in [-0.1, -0.05) is 13.8 Å². The summed E-state index contributed by atoms with van der Waals surface area (Å²) in [5, 5.41) is 9.35. The van der Waals surface area contributed by atoms with Crippen LogP contribution in [0.4, 0.5) is 5.82 Å². The van der Waals surface area contributed by atoms with Gasteiger partial charge < -0.3 is 10.0 Å². The third-order valence-corrected chi connectivity index (χ3v) is 4.14. The lowest BCUT2D eigenvalue weighted by Crippen LogP contribution is -2.43. The van der Waals surface area contributed by atoms with Crippen molar-refractivity contribution in [3.63, 3.8) is 0 Å². The molecule has 2 unspecified atom stereocenters. The van der Waals surface area contributed by atoms with Crippen LogP contribution in [0.25, 0.3) is 0 Å². The zero-order chi connectivity index (χ0) is 13.1. The van der Waals surface area contributed by atoms with E-state index in [0.717, 1.165) is 30.0 Å². The highest BCUT2D eigenvalue weighted by Gasteiger charge is 2.25. The molecule has 1 aromatic heterocycles. The highest BCUT2D eigenvalue weighted by Crippen LogP contribution is 2.28. The Bertz CT molecular complexity index is 383. The second-order valence-corrected chi connectivity index (χ2v) is 5.39. The molecule has 0 saturated carbocycles. The minimum atomic E-state index is 0.0975. The van der Waals surface area contributed by atoms with Crippen molar-refractivity contribution >= 4 is 5.82 Å². The van der Waals surface area contributed by atoms with E-state index in [9.17, 15) is 5.11 Å². The van der Waals surface area contributed by atoms with E-state index in [0.29, 0.717) is 12.0 Å². The normalized spacial score (nSPS) is 24.3. The van der Waals surface area contributed by atoms with Crippen LogP contribution in [0, 0.1) is 5.92 Å². The first-order chi connectivity index (χ1) is 8.65. The molecule has 1 aliphatic rings. The fourth-order valence-electron chi connectivity index (χ4n) is 2.71. The van der Waals surface area contributed by atoms with Gasteiger partial charge in [-0.3, -0.25) is 0 Å². The summed E-state index contributed by atoms with van der Waals surface area (Å²) >= 11 is 0. The van der Waals surface area contributed by atoms with Crippen LogP contribution in [-0.4, -0.2) is 22.7 Å². The molecule has 2 rings (SSSR count). The van der Waals surface area contributed by atoms with Crippen LogP contribution < -0.4 is 4.90 Å². The average molecular weight is 248 g/mol. The first kappa shape index (κ1) is 13.3. The lowest BCUT2D eigenvalue weighted by Gasteiger charge is -2.39. The van der Waals surface area contributed by atoms with Gasteiger partial charge in [-0.25, -0.2) is 4.98 Å². The summed E-state index contributed by atoms with van der Waals surface area (Å²) in [4.78, 5) is 7.12. The van der Waals surface area contributed by atoms with Gasteiger partial charge in [0, 0.05) is 18.3 Å². The van der Waals surface area contributed by atoms with Crippen LogP contribution in [-0.2, 0) is 13.0 Å². The molecule has 0 bridgehead atoms. The number of rotatable bonds is 3. The van der Waals surface area contributed by atoms with Crippen molar-refractivity contribution < 1.29 is 5.11 Å². The van der Waals surface area contributed by atoms with E-state index in [1.165, 1.54) is 12.8 Å². The number of aryl methyl sites for hydroxylation is 1. The van der Waals surface area contributed by atoms with Gasteiger partial charge >= 0.3 is 0 Å². The van der Waals surface area contributed by atoms with Crippen LogP contribution in [0.15, 0.2) is 12.1 Å². The summed E-state index contributed by atoms with van der Waals surface area (Å²) in [6, 6.07) is 4.57. The fraction of sp³-hybridized carbons (Fsp3) is 0.667. The molecule has 18 heavy (non-hydrogen) atoms. The molecule has 0 aliphatic carbocycles. The van der Waals surface area contributed by atoms with Crippen molar-refractivity contribution in [2.75, 3.05) is 11.4 Å². The Balaban J connectivity index is 2.31. The van der Waals surface area contributed by atoms with Crippen molar-refractivity contribution in [3.8, 4) is 0 Å². The van der Waals surface area contributed by atoms with Gasteiger partial charge in [0.15, 0.2) is 0 Å². The van der Waals surface area contributed by atoms with Crippen molar-refractivity contribution in [2.45, 2.75) is 52.7 Å². The van der Waals surface area contributed by atoms with E-state index in [1.807, 2.05) is 12.1 Å². The van der Waals surface area contributed by atoms with Gasteiger partial charge in [-0.05, 0) is 49.8 Å². The Morgan fingerprint density at radius 3 is 2.83 bits per heavy atom. The number of aromatic nitrogens is 1. The van der Waals surface area contributed by atoms with E-state index in [4.69, 9.17) is 4.98 Å². The largest absolute Gasteiger partial charge is 0.392 e. The number of nitrogens with zero attached hydrogens (tertiary/aromatic N) is 2. The molecular formula is C15H24N2O. The molecule has 0 radical (unpaired) electrons. The molecule has 1 N–H and O–H groups in total. The predicted octanol–water partition coefficient (Wildman–Crippen LogP) is 2.76. The maximum Gasteiger partial charge on any atom is 0.129 e. The van der Waals surface area contributed by atoms with E-state index in [-0.39, 0.29) is 6.61 Å². The second kappa shape index (κ2) is 5.70. The van der Waals surface area contributed by atoms with E-state index in [2.05, 4.69) is 25.7 Å². The minimum Gasteiger partial charge on any atom is -0.392 e. The Kier molecular flexibility index (Phi) is 4.23. The lowest BCUT2D eigenvalue weighted by molar-refractivity contribution is 0.281. The summed E-state index contributed by atoms with van der Waals surface area (Å²) < 4.78 is 0. The van der Waals surface area contributed by atoms with Gasteiger partial charge in [-0.15, -0.1) is 0 Å². The Hall–Kier alpha value is -1.09. The van der Waals surface area contributed by atoms with Gasteiger partial charge in [0.1, 0.15) is 5.82 Å². The molecule has 1 aromatic rings. The van der Waals surface area contributed by atoms with E-state index >= 15 is 0 Å². The Morgan fingerprint density at radius 2 is 2.17 bits per heavy atom. The number of aliphatic hydroxyl groups is 1. The molecule has 3 heteroatoms. The van der Waals surface area contributed by atoms with Crippen LogP contribution in [0.5, 0.6) is 0 Å². The molecule has 0 amide bonds. The Morgan fingerprint density at radius 1 is 1.39 bits per heavy atom. The highest BCUT2D eigenvalue weighted by molar-refractivity contribution is 5.44. The number of aliphatic hydroxyl groups excluding tert-OH is 1. The fourth-order valence-corrected chi connectivity index (χ4v) is 2.71. The van der Waals surface area contributed by atoms with Gasteiger partial charge in [0.25, 0.3) is 0 Å². The van der Waals surface area contributed by atoms with E-state index in [1.54, 1.807) is 0 Å². The standard InChI is InChI=1S/C15H24N2O/c1-4-14-8-13(10-18)9-15(16-14)17-7-5-6-11(2)12(17)3/h8-9,11-12,18H,4-7,10H2,1-3H3. The first-order valence-corrected chi connectivity index (χ1v) is 7.03. The van der Waals surface area contributed by atoms with Crippen LogP contribution >= 0.6 is 0 Å². The van der Waals surface area contributed by atoms with Crippen LogP contribution in [0.2, 0.25) is 0 Å². The second-order valence-electron chi connectivity index (χ2n) is 5.39. The first-order valence-electron chi connectivity index (χ1n) is 7.03. The van der Waals surface area contributed by atoms with Gasteiger partial charge in [0.2, 0.25) is 0 Å². The lowest BCUT2D eigenvalue weighted by atomic mass is 9.92. The maximum absolute atomic E-state index is 9.35. The van der Waals surface area contributed by atoms with Crippen molar-refractivity contribution in [1.29, 1.82) is 0 Å². The monoisotopic (exact) mass is 248 g/mol. The van der Waals surface area contributed by atoms with Crippen molar-refractivity contribution in [1.82, 2.24) is 4.98 Å². The highest BCUT2D eigenvalue weighted by atomic mass is 16.3. The number of hydrogen-bond donors (Lipinski definition) is 1. The number of hydrogen-bond acceptors (Lipinski definition) is 3. The molecule has 1 fully saturated rings. The Labute approximate surface area is 110 Å². The molecule has 100 valence electrons. The van der Waals surface area contributed by atoms with Crippen LogP contribution in [0.1, 0.15) is 44.9 Å². The summed E-state index contributed by atoms with van der Waals surface area (Å²) in [5.41, 5.74) is 2.05. The third-order valence-electron chi connectivity index (χ3n) is 4.14. The number of anilines is 1. The maximum atomic E-state index is 9.35. The van der Waals surface area contributed by atoms with Crippen molar-refractivity contribution in [2.24, 2.45) is 5.92 Å². The summed E-state index contributed by atoms with van der Waals surface area (Å²) in [5.74, 6) is 1.75. The summed E-state index contributed by atoms with van der Waals surface area (Å²) in [7, 11) is 0. The predicted molar refractivity (Wildman–Crippen MR) is 74.7 cm³/mol. The zero-order valence-electron chi connectivity index (χ0n) is 11.7. The van der Waals surface area contributed by atoms with Crippen molar-refractivity contribution in [3.05, 3.63) is 23.4 Å². The number of piperidine rings is 1. The molecule has 3 nitrogen and oxygen atoms in total. The van der Waals surface area contributed by atoms with Gasteiger partial charge in [-0.2, -0.15) is 0 Å². The SMILES string of the molecule is CCc1cc(CO)cc(N2CCCC(C)C2C)n1. The summed E-state index contributed by atoms with van der Waals surface area (Å²) in [6.07, 6.45) is 3.45. The summed E-state index contributed by atoms with van der Waals surface area (Å²) in [6.45, 7) is 7.88. The number of pyridine rings is 1. The smallest absolute Gasteiger partial charge is 0.129 e.